The largest absolute Gasteiger partial charge is 0.462 e. The van der Waals surface area contributed by atoms with Crippen LogP contribution in [-0.4, -0.2) is 46.3 Å². The van der Waals surface area contributed by atoms with Crippen molar-refractivity contribution in [1.82, 2.24) is 10.6 Å². The molecule has 0 amide bonds. The molecular formula is C30H54N2O4. The van der Waals surface area contributed by atoms with Crippen LogP contribution in [-0.2, 0) is 19.1 Å². The van der Waals surface area contributed by atoms with Crippen molar-refractivity contribution < 1.29 is 19.1 Å². The minimum absolute atomic E-state index is 0.0526. The second kappa shape index (κ2) is 10.6. The number of rotatable bonds is 6. The third kappa shape index (κ3) is 7.03. The quantitative estimate of drug-likeness (QED) is 0.446. The molecule has 208 valence electrons. The Labute approximate surface area is 220 Å². The summed E-state index contributed by atoms with van der Waals surface area (Å²) in [5, 5.41) is 7.54. The van der Waals surface area contributed by atoms with Gasteiger partial charge in [0.2, 0.25) is 0 Å². The Balaban J connectivity index is 1.51. The Bertz CT molecular complexity index is 733. The second-order valence-electron chi connectivity index (χ2n) is 14.6. The topological polar surface area (TPSA) is 76.7 Å². The highest BCUT2D eigenvalue weighted by Gasteiger charge is 2.46. The zero-order valence-electron chi connectivity index (χ0n) is 24.8. The highest BCUT2D eigenvalue weighted by Crippen LogP contribution is 2.38. The van der Waals surface area contributed by atoms with Crippen molar-refractivity contribution in [2.75, 3.05) is 0 Å². The highest BCUT2D eigenvalue weighted by atomic mass is 16.5. The summed E-state index contributed by atoms with van der Waals surface area (Å²) in [6.45, 7) is 22.1. The van der Waals surface area contributed by atoms with Gasteiger partial charge < -0.3 is 20.1 Å². The molecule has 1 aliphatic carbocycles. The molecule has 0 aromatic rings. The number of hydrogen-bond acceptors (Lipinski definition) is 6. The summed E-state index contributed by atoms with van der Waals surface area (Å²) in [5.74, 6) is 0.512. The Morgan fingerprint density at radius 2 is 0.917 bits per heavy atom. The van der Waals surface area contributed by atoms with Gasteiger partial charge in [-0.1, -0.05) is 27.7 Å². The first-order valence-corrected chi connectivity index (χ1v) is 14.4. The van der Waals surface area contributed by atoms with Crippen LogP contribution in [0.4, 0.5) is 0 Å². The molecular weight excluding hydrogens is 452 g/mol. The highest BCUT2D eigenvalue weighted by molar-refractivity contribution is 5.75. The maximum atomic E-state index is 13.1. The summed E-state index contributed by atoms with van der Waals surface area (Å²) in [6, 6.07) is 0. The van der Waals surface area contributed by atoms with E-state index in [1.807, 2.05) is 0 Å². The number of ether oxygens (including phenoxy) is 2. The average molecular weight is 507 g/mol. The standard InChI is InChI=1S/C30H54N2O4/c1-19(2)29(9)17-23(15-27(5,6)31-29)35-25(33)21-11-13-22(14-12-21)26(34)36-24-16-28(7,8)32-30(10,18-24)20(3)4/h19-24,31-32H,11-18H2,1-10H3. The van der Waals surface area contributed by atoms with Crippen LogP contribution in [0, 0.1) is 23.7 Å². The van der Waals surface area contributed by atoms with Crippen molar-refractivity contribution in [2.45, 2.75) is 155 Å². The van der Waals surface area contributed by atoms with Gasteiger partial charge in [0, 0.05) is 47.8 Å². The molecule has 2 saturated heterocycles. The molecule has 6 nitrogen and oxygen atoms in total. The summed E-state index contributed by atoms with van der Waals surface area (Å²) in [5.41, 5.74) is -0.247. The zero-order valence-corrected chi connectivity index (χ0v) is 24.8. The van der Waals surface area contributed by atoms with Gasteiger partial charge in [-0.25, -0.2) is 0 Å². The molecule has 4 atom stereocenters. The van der Waals surface area contributed by atoms with E-state index in [1.165, 1.54) is 0 Å². The first-order chi connectivity index (χ1) is 16.4. The monoisotopic (exact) mass is 506 g/mol. The van der Waals surface area contributed by atoms with Gasteiger partial charge in [0.25, 0.3) is 0 Å². The van der Waals surface area contributed by atoms with Gasteiger partial charge in [-0.2, -0.15) is 0 Å². The lowest BCUT2D eigenvalue weighted by atomic mass is 9.74. The van der Waals surface area contributed by atoms with Gasteiger partial charge in [-0.3, -0.25) is 9.59 Å². The normalized spacial score (nSPS) is 38.6. The molecule has 2 aliphatic heterocycles. The van der Waals surface area contributed by atoms with E-state index in [-0.39, 0.29) is 58.1 Å². The molecule has 3 aliphatic rings. The fraction of sp³-hybridized carbons (Fsp3) is 0.933. The molecule has 3 fully saturated rings. The van der Waals surface area contributed by atoms with E-state index in [0.29, 0.717) is 37.5 Å². The molecule has 2 N–H and O–H groups in total. The molecule has 0 spiro atoms. The second-order valence-corrected chi connectivity index (χ2v) is 14.6. The molecule has 0 aromatic carbocycles. The van der Waals surface area contributed by atoms with Crippen molar-refractivity contribution >= 4 is 11.9 Å². The minimum atomic E-state index is -0.112. The molecule has 0 bridgehead atoms. The van der Waals surface area contributed by atoms with Gasteiger partial charge >= 0.3 is 11.9 Å². The molecule has 0 radical (unpaired) electrons. The molecule has 6 heteroatoms. The summed E-state index contributed by atoms with van der Waals surface area (Å²) in [7, 11) is 0. The first kappa shape index (κ1) is 29.4. The van der Waals surface area contributed by atoms with Crippen LogP contribution in [0.3, 0.4) is 0 Å². The van der Waals surface area contributed by atoms with E-state index in [0.717, 1.165) is 25.7 Å². The third-order valence-electron chi connectivity index (χ3n) is 9.54. The summed E-state index contributed by atoms with van der Waals surface area (Å²) in [6.07, 6.45) is 6.00. The maximum Gasteiger partial charge on any atom is 0.309 e. The number of piperidine rings is 2. The summed E-state index contributed by atoms with van der Waals surface area (Å²) < 4.78 is 12.2. The predicted molar refractivity (Wildman–Crippen MR) is 145 cm³/mol. The molecule has 3 rings (SSSR count). The smallest absolute Gasteiger partial charge is 0.309 e. The SMILES string of the molecule is CC(C)C1(C)CC(OC(=O)C2CCC(C(=O)OC3CC(C)(C)NC(C)(C(C)C)C3)CC2)CC(C)(C)N1. The average Bonchev–Trinajstić information content (AvgIpc) is 2.70. The third-order valence-corrected chi connectivity index (χ3v) is 9.54. The number of carbonyl (C=O) groups is 2. The summed E-state index contributed by atoms with van der Waals surface area (Å²) >= 11 is 0. The van der Waals surface area contributed by atoms with Crippen LogP contribution < -0.4 is 10.6 Å². The Kier molecular flexibility index (Phi) is 8.62. The van der Waals surface area contributed by atoms with Crippen LogP contribution in [0.25, 0.3) is 0 Å². The van der Waals surface area contributed by atoms with Crippen molar-refractivity contribution in [3.05, 3.63) is 0 Å². The van der Waals surface area contributed by atoms with E-state index >= 15 is 0 Å². The lowest BCUT2D eigenvalue weighted by Crippen LogP contribution is -2.63. The van der Waals surface area contributed by atoms with E-state index < -0.39 is 0 Å². The van der Waals surface area contributed by atoms with E-state index in [2.05, 4.69) is 79.9 Å². The molecule has 0 aromatic heterocycles. The Morgan fingerprint density at radius 1 is 0.611 bits per heavy atom. The fourth-order valence-corrected chi connectivity index (χ4v) is 6.99. The van der Waals surface area contributed by atoms with Crippen molar-refractivity contribution in [3.8, 4) is 0 Å². The molecule has 36 heavy (non-hydrogen) atoms. The molecule has 1 saturated carbocycles. The van der Waals surface area contributed by atoms with Crippen LogP contribution in [0.5, 0.6) is 0 Å². The van der Waals surface area contributed by atoms with Gasteiger partial charge in [-0.05, 0) is 79.1 Å². The van der Waals surface area contributed by atoms with Gasteiger partial charge in [0.05, 0.1) is 11.8 Å². The van der Waals surface area contributed by atoms with Crippen LogP contribution in [0.2, 0.25) is 0 Å². The molecule has 4 unspecified atom stereocenters. The van der Waals surface area contributed by atoms with Crippen LogP contribution in [0.15, 0.2) is 0 Å². The summed E-state index contributed by atoms with van der Waals surface area (Å²) in [4.78, 5) is 26.2. The van der Waals surface area contributed by atoms with Crippen LogP contribution >= 0.6 is 0 Å². The fourth-order valence-electron chi connectivity index (χ4n) is 6.99. The minimum Gasteiger partial charge on any atom is -0.462 e. The van der Waals surface area contributed by atoms with Crippen molar-refractivity contribution in [3.63, 3.8) is 0 Å². The van der Waals surface area contributed by atoms with Crippen molar-refractivity contribution in [2.24, 2.45) is 23.7 Å². The number of esters is 2. The number of nitrogens with one attached hydrogen (secondary N) is 2. The first-order valence-electron chi connectivity index (χ1n) is 14.4. The van der Waals surface area contributed by atoms with Crippen molar-refractivity contribution in [1.29, 1.82) is 0 Å². The van der Waals surface area contributed by atoms with Crippen LogP contribution in [0.1, 0.15) is 121 Å². The van der Waals surface area contributed by atoms with E-state index in [9.17, 15) is 9.59 Å². The maximum absolute atomic E-state index is 13.1. The van der Waals surface area contributed by atoms with Gasteiger partial charge in [-0.15, -0.1) is 0 Å². The van der Waals surface area contributed by atoms with E-state index in [4.69, 9.17) is 9.47 Å². The number of hydrogen-bond donors (Lipinski definition) is 2. The Hall–Kier alpha value is -1.14. The van der Waals surface area contributed by atoms with Gasteiger partial charge in [0.15, 0.2) is 0 Å². The zero-order chi connectivity index (χ0) is 27.1. The van der Waals surface area contributed by atoms with E-state index in [1.54, 1.807) is 0 Å². The van der Waals surface area contributed by atoms with Gasteiger partial charge in [0.1, 0.15) is 12.2 Å². The molecule has 2 heterocycles. The lowest BCUT2D eigenvalue weighted by Gasteiger charge is -2.50. The number of carbonyl (C=O) groups excluding carboxylic acids is 2. The lowest BCUT2D eigenvalue weighted by molar-refractivity contribution is -0.166. The Morgan fingerprint density at radius 3 is 1.19 bits per heavy atom. The predicted octanol–water partition coefficient (Wildman–Crippen LogP) is 5.77.